The average Bonchev–Trinajstić information content (AvgIpc) is 3.12. The zero-order chi connectivity index (χ0) is 36.6. The minimum absolute atomic E-state index is 0.260. The van der Waals surface area contributed by atoms with Crippen molar-refractivity contribution in [3.63, 3.8) is 0 Å². The van der Waals surface area contributed by atoms with Crippen molar-refractivity contribution in [1.82, 2.24) is 0 Å². The maximum atomic E-state index is 11.8. The Hall–Kier alpha value is -3.65. The summed E-state index contributed by atoms with van der Waals surface area (Å²) in [7, 11) is 0. The zero-order valence-electron chi connectivity index (χ0n) is 28.0. The van der Waals surface area contributed by atoms with Crippen LogP contribution in [0.15, 0.2) is 130 Å². The zero-order valence-corrected chi connectivity index (χ0v) is 33.4. The minimum Gasteiger partial charge on any atom is -0.507 e. The largest absolute Gasteiger partial charge is 0.507 e. The molecule has 0 saturated carbocycles. The van der Waals surface area contributed by atoms with Gasteiger partial charge in [-0.1, -0.05) is 164 Å². The molecule has 1 aliphatic rings. The van der Waals surface area contributed by atoms with Crippen LogP contribution in [0.25, 0.3) is 0 Å². The van der Waals surface area contributed by atoms with Gasteiger partial charge < -0.3 is 19.7 Å². The molecule has 0 amide bonds. The van der Waals surface area contributed by atoms with Crippen LogP contribution in [0.3, 0.4) is 0 Å². The maximum absolute atomic E-state index is 11.8. The van der Waals surface area contributed by atoms with Crippen LogP contribution >= 0.6 is 66.7 Å². The highest BCUT2D eigenvalue weighted by Crippen LogP contribution is 2.40. The molecule has 0 aliphatic heterocycles. The Kier molecular flexibility index (Phi) is 13.1. The molecule has 0 saturated heterocycles. The van der Waals surface area contributed by atoms with Crippen LogP contribution in [-0.4, -0.2) is 14.5 Å². The summed E-state index contributed by atoms with van der Waals surface area (Å²) in [4.78, 5) is 0. The molecule has 7 rings (SSSR count). The van der Waals surface area contributed by atoms with E-state index in [1.54, 1.807) is 0 Å². The molecule has 1 aliphatic carbocycles. The van der Waals surface area contributed by atoms with Gasteiger partial charge in [0.2, 0.25) is 0 Å². The second kappa shape index (κ2) is 17.9. The third-order valence-electron chi connectivity index (χ3n) is 8.80. The van der Waals surface area contributed by atoms with Crippen LogP contribution in [-0.2, 0) is 38.9 Å². The van der Waals surface area contributed by atoms with E-state index in [9.17, 15) is 10.2 Å². The second-order valence-corrected chi connectivity index (χ2v) is 16.3. The number of aromatic hydroxyl groups is 2. The number of para-hydroxylation sites is 2. The standard InChI is InChI=1S/C42H34Br2O4.CHCl3/c43-37-21-33-17-29-13-7-14-30(41(29)47-25-27-9-3-1-4-10-27)18-34-22-38(44)24-36(40(34)46)20-32-16-8-15-31(19-35(23-37)39(33)45)42(32)48-26-28-11-5-2-6-12-28;2-1(3)4/h1-16,21-24,45-46H,17-20,25-26H2;1H. The Labute approximate surface area is 336 Å². The van der Waals surface area contributed by atoms with Gasteiger partial charge in [-0.2, -0.15) is 0 Å². The molecule has 0 spiro atoms. The van der Waals surface area contributed by atoms with Crippen molar-refractivity contribution in [3.05, 3.63) is 186 Å². The highest BCUT2D eigenvalue weighted by Gasteiger charge is 2.21. The quantitative estimate of drug-likeness (QED) is 0.163. The van der Waals surface area contributed by atoms with E-state index in [4.69, 9.17) is 44.3 Å². The van der Waals surface area contributed by atoms with Gasteiger partial charge >= 0.3 is 0 Å². The lowest BCUT2D eigenvalue weighted by molar-refractivity contribution is 0.300. The predicted octanol–water partition coefficient (Wildman–Crippen LogP) is 12.4. The predicted molar refractivity (Wildman–Crippen MR) is 219 cm³/mol. The molecular formula is C43H35Br2Cl3O4. The van der Waals surface area contributed by atoms with E-state index in [0.29, 0.717) is 38.9 Å². The first-order chi connectivity index (χ1) is 25.1. The van der Waals surface area contributed by atoms with Crippen LogP contribution in [0.2, 0.25) is 0 Å². The lowest BCUT2D eigenvalue weighted by Crippen LogP contribution is -2.06. The molecule has 0 radical (unpaired) electrons. The fourth-order valence-electron chi connectivity index (χ4n) is 6.46. The van der Waals surface area contributed by atoms with Gasteiger partial charge in [-0.25, -0.2) is 0 Å². The lowest BCUT2D eigenvalue weighted by atomic mass is 9.91. The van der Waals surface area contributed by atoms with Gasteiger partial charge in [0.25, 0.3) is 0 Å². The van der Waals surface area contributed by atoms with Gasteiger partial charge in [0.05, 0.1) is 0 Å². The number of benzene rings is 6. The van der Waals surface area contributed by atoms with Crippen molar-refractivity contribution in [1.29, 1.82) is 0 Å². The summed E-state index contributed by atoms with van der Waals surface area (Å²) >= 11 is 21.9. The molecule has 0 fully saturated rings. The van der Waals surface area contributed by atoms with E-state index >= 15 is 0 Å². The Morgan fingerprint density at radius 2 is 0.750 bits per heavy atom. The molecule has 4 nitrogen and oxygen atoms in total. The van der Waals surface area contributed by atoms with Crippen molar-refractivity contribution in [2.24, 2.45) is 0 Å². The van der Waals surface area contributed by atoms with E-state index < -0.39 is 4.30 Å². The van der Waals surface area contributed by atoms with E-state index in [1.165, 1.54) is 0 Å². The fourth-order valence-corrected chi connectivity index (χ4v) is 7.56. The van der Waals surface area contributed by atoms with Crippen LogP contribution in [0.1, 0.15) is 55.6 Å². The summed E-state index contributed by atoms with van der Waals surface area (Å²) in [6.45, 7) is 0.799. The van der Waals surface area contributed by atoms with Crippen molar-refractivity contribution >= 4 is 66.7 Å². The fraction of sp³-hybridized carbons (Fsp3) is 0.163. The molecule has 8 bridgehead atoms. The Morgan fingerprint density at radius 1 is 0.462 bits per heavy atom. The number of hydrogen-bond acceptors (Lipinski definition) is 4. The summed E-state index contributed by atoms with van der Waals surface area (Å²) < 4.78 is 14.2. The lowest BCUT2D eigenvalue weighted by Gasteiger charge is -2.21. The number of ether oxygens (including phenoxy) is 2. The van der Waals surface area contributed by atoms with E-state index in [1.807, 2.05) is 97.1 Å². The molecule has 266 valence electrons. The van der Waals surface area contributed by atoms with Crippen molar-refractivity contribution in [3.8, 4) is 23.0 Å². The number of phenolic OH excluding ortho intramolecular Hbond substituents is 2. The van der Waals surface area contributed by atoms with Gasteiger partial charge in [-0.05, 0) is 79.9 Å². The van der Waals surface area contributed by atoms with Crippen LogP contribution < -0.4 is 9.47 Å². The summed E-state index contributed by atoms with van der Waals surface area (Å²) in [6.07, 6.45) is 1.85. The van der Waals surface area contributed by atoms with Gasteiger partial charge in [0.15, 0.2) is 4.30 Å². The van der Waals surface area contributed by atoms with E-state index in [-0.39, 0.29) is 11.5 Å². The van der Waals surface area contributed by atoms with Crippen molar-refractivity contribution < 1.29 is 19.7 Å². The van der Waals surface area contributed by atoms with Crippen LogP contribution in [0.4, 0.5) is 0 Å². The van der Waals surface area contributed by atoms with E-state index in [0.717, 1.165) is 76.1 Å². The number of alkyl halides is 3. The van der Waals surface area contributed by atoms with Crippen molar-refractivity contribution in [2.45, 2.75) is 43.2 Å². The van der Waals surface area contributed by atoms with Gasteiger partial charge in [-0.15, -0.1) is 0 Å². The number of hydrogen-bond donors (Lipinski definition) is 2. The highest BCUT2D eigenvalue weighted by molar-refractivity contribution is 9.10. The van der Waals surface area contributed by atoms with E-state index in [2.05, 4.69) is 56.1 Å². The summed E-state index contributed by atoms with van der Waals surface area (Å²) in [5.74, 6) is 2.04. The molecule has 0 aromatic heterocycles. The number of rotatable bonds is 6. The van der Waals surface area contributed by atoms with Gasteiger partial charge in [0.1, 0.15) is 36.2 Å². The summed E-state index contributed by atoms with van der Waals surface area (Å²) in [6, 6.07) is 40.4. The Bertz CT molecular complexity index is 1900. The molecular weight excluding hydrogens is 847 g/mol. The normalized spacial score (nSPS) is 12.1. The highest BCUT2D eigenvalue weighted by atomic mass is 79.9. The third-order valence-corrected chi connectivity index (χ3v) is 9.71. The molecule has 9 heteroatoms. The molecule has 0 heterocycles. The SMILES string of the molecule is ClC(Cl)Cl.Oc1c2cc(Br)cc1Cc1cccc(c1OCc1ccccc1)Cc1cc(Br)cc(c1O)Cc1cccc(c1OCc1ccccc1)C2. The molecule has 0 unspecified atom stereocenters. The number of phenols is 2. The van der Waals surface area contributed by atoms with Gasteiger partial charge in [-0.3, -0.25) is 0 Å². The Morgan fingerprint density at radius 3 is 1.04 bits per heavy atom. The molecule has 2 N–H and O–H groups in total. The molecule has 52 heavy (non-hydrogen) atoms. The Balaban J connectivity index is 0.00000110. The number of fused-ring (bicyclic) bond motifs is 8. The molecule has 0 atom stereocenters. The first-order valence-corrected chi connectivity index (χ1v) is 19.5. The summed E-state index contributed by atoms with van der Waals surface area (Å²) in [5.41, 5.74) is 9.13. The average molecular weight is 882 g/mol. The minimum atomic E-state index is -0.750. The third kappa shape index (κ3) is 9.85. The first kappa shape index (κ1) is 38.1. The smallest absolute Gasteiger partial charge is 0.180 e. The van der Waals surface area contributed by atoms with Crippen LogP contribution in [0.5, 0.6) is 23.0 Å². The monoisotopic (exact) mass is 878 g/mol. The first-order valence-electron chi connectivity index (χ1n) is 16.6. The maximum Gasteiger partial charge on any atom is 0.180 e. The number of halogens is 5. The second-order valence-electron chi connectivity index (χ2n) is 12.5. The van der Waals surface area contributed by atoms with Crippen LogP contribution in [0, 0.1) is 0 Å². The molecule has 6 aromatic carbocycles. The topological polar surface area (TPSA) is 58.9 Å². The molecule has 6 aromatic rings. The van der Waals surface area contributed by atoms with Gasteiger partial charge in [0, 0.05) is 34.6 Å². The van der Waals surface area contributed by atoms with Crippen molar-refractivity contribution in [2.75, 3.05) is 0 Å². The summed E-state index contributed by atoms with van der Waals surface area (Å²) in [5, 5.41) is 23.5.